The molecule has 0 radical (unpaired) electrons. The van der Waals surface area contributed by atoms with Gasteiger partial charge in [-0.3, -0.25) is 9.69 Å². The molecule has 3 rings (SSSR count). The van der Waals surface area contributed by atoms with Crippen LogP contribution < -0.4 is 4.90 Å². The molecule has 0 bridgehead atoms. The fourth-order valence-corrected chi connectivity index (χ4v) is 2.98. The molecule has 0 saturated carbocycles. The van der Waals surface area contributed by atoms with Crippen LogP contribution in [-0.2, 0) is 11.3 Å². The molecule has 3 nitrogen and oxygen atoms in total. The molecule has 0 unspecified atom stereocenters. The van der Waals surface area contributed by atoms with Crippen LogP contribution in [0, 0.1) is 5.82 Å². The predicted octanol–water partition coefficient (Wildman–Crippen LogP) is 3.72. The van der Waals surface area contributed by atoms with Crippen molar-refractivity contribution in [2.75, 3.05) is 18.0 Å². The summed E-state index contributed by atoms with van der Waals surface area (Å²) < 4.78 is 13.8. The summed E-state index contributed by atoms with van der Waals surface area (Å²) >= 11 is 5.90. The molecule has 0 N–H and O–H groups in total. The second-order valence-electron chi connectivity index (χ2n) is 5.70. The van der Waals surface area contributed by atoms with Crippen molar-refractivity contribution in [2.45, 2.75) is 19.5 Å². The molecular weight excluding hydrogens is 315 g/mol. The Labute approximate surface area is 140 Å². The van der Waals surface area contributed by atoms with E-state index in [1.165, 1.54) is 6.07 Å². The van der Waals surface area contributed by atoms with E-state index in [1.54, 1.807) is 29.2 Å². The third kappa shape index (κ3) is 3.38. The summed E-state index contributed by atoms with van der Waals surface area (Å²) in [4.78, 5) is 16.4. The number of amides is 1. The zero-order valence-corrected chi connectivity index (χ0v) is 13.6. The maximum absolute atomic E-state index is 13.8. The molecule has 1 aliphatic heterocycles. The van der Waals surface area contributed by atoms with E-state index < -0.39 is 0 Å². The molecule has 23 heavy (non-hydrogen) atoms. The fraction of sp³-hybridized carbons (Fsp3) is 0.278. The predicted molar refractivity (Wildman–Crippen MR) is 90.1 cm³/mol. The van der Waals surface area contributed by atoms with Crippen molar-refractivity contribution < 1.29 is 9.18 Å². The molecule has 120 valence electrons. The quantitative estimate of drug-likeness (QED) is 0.855. The summed E-state index contributed by atoms with van der Waals surface area (Å²) in [5.41, 5.74) is 1.46. The van der Waals surface area contributed by atoms with Gasteiger partial charge >= 0.3 is 0 Å². The van der Waals surface area contributed by atoms with Crippen molar-refractivity contribution in [1.82, 2.24) is 4.90 Å². The van der Waals surface area contributed by atoms with E-state index in [4.69, 9.17) is 11.6 Å². The molecule has 0 aromatic heterocycles. The van der Waals surface area contributed by atoms with Crippen molar-refractivity contribution in [1.29, 1.82) is 0 Å². The molecular formula is C18H18ClFN2O. The molecule has 1 saturated heterocycles. The Morgan fingerprint density at radius 2 is 1.83 bits per heavy atom. The molecule has 1 aliphatic rings. The lowest BCUT2D eigenvalue weighted by Gasteiger charge is -2.39. The summed E-state index contributed by atoms with van der Waals surface area (Å²) in [6, 6.07) is 13.7. The minimum Gasteiger partial charge on any atom is -0.310 e. The number of halogens is 2. The van der Waals surface area contributed by atoms with E-state index in [2.05, 4.69) is 0 Å². The van der Waals surface area contributed by atoms with E-state index in [0.29, 0.717) is 30.2 Å². The number of rotatable bonds is 3. The summed E-state index contributed by atoms with van der Waals surface area (Å²) in [6.45, 7) is 3.59. The molecule has 1 atom stereocenters. The lowest BCUT2D eigenvalue weighted by Crippen LogP contribution is -2.55. The topological polar surface area (TPSA) is 23.6 Å². The van der Waals surface area contributed by atoms with Crippen LogP contribution >= 0.6 is 11.6 Å². The van der Waals surface area contributed by atoms with Crippen LogP contribution in [0.25, 0.3) is 0 Å². The van der Waals surface area contributed by atoms with Gasteiger partial charge < -0.3 is 4.90 Å². The minimum atomic E-state index is -0.293. The number of carbonyl (C=O) groups is 1. The second kappa shape index (κ2) is 6.69. The van der Waals surface area contributed by atoms with Gasteiger partial charge in [-0.1, -0.05) is 29.8 Å². The molecule has 5 heteroatoms. The molecule has 1 amide bonds. The first-order valence-electron chi connectivity index (χ1n) is 7.60. The molecule has 1 fully saturated rings. The van der Waals surface area contributed by atoms with Crippen molar-refractivity contribution >= 4 is 23.2 Å². The zero-order valence-electron chi connectivity index (χ0n) is 12.9. The Morgan fingerprint density at radius 1 is 1.13 bits per heavy atom. The summed E-state index contributed by atoms with van der Waals surface area (Å²) in [7, 11) is 0. The van der Waals surface area contributed by atoms with Crippen LogP contribution in [0.3, 0.4) is 0 Å². The summed E-state index contributed by atoms with van der Waals surface area (Å²) in [6.07, 6.45) is 0. The fourth-order valence-electron chi connectivity index (χ4n) is 2.85. The monoisotopic (exact) mass is 332 g/mol. The van der Waals surface area contributed by atoms with Gasteiger partial charge in [-0.2, -0.15) is 0 Å². The SMILES string of the molecule is C[C@@H]1C(=O)N(c2ccc(Cl)cc2)CCN1Cc1ccccc1F. The number of benzene rings is 2. The van der Waals surface area contributed by atoms with Gasteiger partial charge in [0.1, 0.15) is 5.82 Å². The Bertz CT molecular complexity index is 704. The molecule has 2 aromatic carbocycles. The number of hydrogen-bond acceptors (Lipinski definition) is 2. The highest BCUT2D eigenvalue weighted by Gasteiger charge is 2.32. The number of piperazine rings is 1. The third-order valence-electron chi connectivity index (χ3n) is 4.25. The van der Waals surface area contributed by atoms with Gasteiger partial charge in [-0.05, 0) is 37.3 Å². The average Bonchev–Trinajstić information content (AvgIpc) is 2.55. The minimum absolute atomic E-state index is 0.0231. The van der Waals surface area contributed by atoms with E-state index >= 15 is 0 Å². The largest absolute Gasteiger partial charge is 0.310 e. The number of hydrogen-bond donors (Lipinski definition) is 0. The van der Waals surface area contributed by atoms with E-state index in [9.17, 15) is 9.18 Å². The highest BCUT2D eigenvalue weighted by Crippen LogP contribution is 2.23. The number of nitrogens with zero attached hydrogens (tertiary/aromatic N) is 2. The first-order valence-corrected chi connectivity index (χ1v) is 7.98. The van der Waals surface area contributed by atoms with Gasteiger partial charge in [-0.25, -0.2) is 4.39 Å². The van der Waals surface area contributed by atoms with Crippen LogP contribution in [0.5, 0.6) is 0 Å². The Hall–Kier alpha value is -1.91. The molecule has 0 spiro atoms. The van der Waals surface area contributed by atoms with Crippen molar-refractivity contribution in [3.05, 3.63) is 64.9 Å². The third-order valence-corrected chi connectivity index (χ3v) is 4.50. The van der Waals surface area contributed by atoms with Crippen LogP contribution in [0.4, 0.5) is 10.1 Å². The number of anilines is 1. The maximum atomic E-state index is 13.8. The number of carbonyl (C=O) groups excluding carboxylic acids is 1. The van der Waals surface area contributed by atoms with Crippen LogP contribution in [0.1, 0.15) is 12.5 Å². The van der Waals surface area contributed by atoms with Crippen molar-refractivity contribution in [3.63, 3.8) is 0 Å². The smallest absolute Gasteiger partial charge is 0.244 e. The highest BCUT2D eigenvalue weighted by molar-refractivity contribution is 6.30. The summed E-state index contributed by atoms with van der Waals surface area (Å²) in [5.74, 6) is -0.206. The molecule has 0 aliphatic carbocycles. The van der Waals surface area contributed by atoms with Crippen LogP contribution in [-0.4, -0.2) is 29.9 Å². The van der Waals surface area contributed by atoms with E-state index in [0.717, 1.165) is 5.69 Å². The highest BCUT2D eigenvalue weighted by atomic mass is 35.5. The van der Waals surface area contributed by atoms with Gasteiger partial charge in [0.05, 0.1) is 6.04 Å². The van der Waals surface area contributed by atoms with Gasteiger partial charge in [-0.15, -0.1) is 0 Å². The Balaban J connectivity index is 1.73. The van der Waals surface area contributed by atoms with E-state index in [1.807, 2.05) is 30.0 Å². The average molecular weight is 333 g/mol. The van der Waals surface area contributed by atoms with Gasteiger partial charge in [0.2, 0.25) is 5.91 Å². The Morgan fingerprint density at radius 3 is 2.52 bits per heavy atom. The molecule has 1 heterocycles. The maximum Gasteiger partial charge on any atom is 0.244 e. The second-order valence-corrected chi connectivity index (χ2v) is 6.14. The van der Waals surface area contributed by atoms with Gasteiger partial charge in [0, 0.05) is 35.9 Å². The van der Waals surface area contributed by atoms with Gasteiger partial charge in [0.15, 0.2) is 0 Å². The lowest BCUT2D eigenvalue weighted by molar-refractivity contribution is -0.125. The van der Waals surface area contributed by atoms with Crippen LogP contribution in [0.15, 0.2) is 48.5 Å². The lowest BCUT2D eigenvalue weighted by atomic mass is 10.1. The first-order chi connectivity index (χ1) is 11.1. The first kappa shape index (κ1) is 16.0. The molecule has 2 aromatic rings. The van der Waals surface area contributed by atoms with E-state index in [-0.39, 0.29) is 17.8 Å². The zero-order chi connectivity index (χ0) is 16.4. The summed E-state index contributed by atoms with van der Waals surface area (Å²) in [5, 5.41) is 0.646. The van der Waals surface area contributed by atoms with Crippen molar-refractivity contribution in [2.24, 2.45) is 0 Å². The Kier molecular flexibility index (Phi) is 4.64. The standard InChI is InChI=1S/C18H18ClFN2O/c1-13-18(23)22(16-8-6-15(19)7-9-16)11-10-21(13)12-14-4-2-3-5-17(14)20/h2-9,13H,10-12H2,1H3/t13-/m1/s1. The van der Waals surface area contributed by atoms with Gasteiger partial charge in [0.25, 0.3) is 0 Å². The van der Waals surface area contributed by atoms with Crippen molar-refractivity contribution in [3.8, 4) is 0 Å². The van der Waals surface area contributed by atoms with Crippen LogP contribution in [0.2, 0.25) is 5.02 Å². The normalized spacial score (nSPS) is 19.2.